The van der Waals surface area contributed by atoms with Crippen LogP contribution in [0.15, 0.2) is 30.3 Å². The second kappa shape index (κ2) is 6.18. The van der Waals surface area contributed by atoms with Crippen molar-refractivity contribution in [3.8, 4) is 5.75 Å². The van der Waals surface area contributed by atoms with Crippen molar-refractivity contribution >= 4 is 6.08 Å². The van der Waals surface area contributed by atoms with Crippen molar-refractivity contribution in [2.45, 2.75) is 6.92 Å². The van der Waals surface area contributed by atoms with Gasteiger partial charge in [0.2, 0.25) is 0 Å². The van der Waals surface area contributed by atoms with E-state index < -0.39 is 0 Å². The minimum absolute atomic E-state index is 0.416. The molecule has 0 fully saturated rings. The summed E-state index contributed by atoms with van der Waals surface area (Å²) in [5.74, 6) is 5.77. The van der Waals surface area contributed by atoms with Gasteiger partial charge in [-0.25, -0.2) is 5.90 Å². The van der Waals surface area contributed by atoms with E-state index in [9.17, 15) is 0 Å². The minimum atomic E-state index is 0.416. The summed E-state index contributed by atoms with van der Waals surface area (Å²) in [6.07, 6.45) is 3.79. The molecule has 0 radical (unpaired) electrons. The highest BCUT2D eigenvalue weighted by atomic mass is 16.6. The third-order valence-electron chi connectivity index (χ3n) is 1.67. The van der Waals surface area contributed by atoms with Crippen molar-refractivity contribution in [1.82, 2.24) is 0 Å². The maximum absolute atomic E-state index is 5.36. The Morgan fingerprint density at radius 3 is 3.00 bits per heavy atom. The molecule has 0 heterocycles. The molecule has 0 saturated heterocycles. The Morgan fingerprint density at radius 1 is 1.43 bits per heavy atom. The quantitative estimate of drug-likeness (QED) is 0.727. The zero-order valence-corrected chi connectivity index (χ0v) is 8.27. The molecule has 3 nitrogen and oxygen atoms in total. The monoisotopic (exact) mass is 193 g/mol. The van der Waals surface area contributed by atoms with Gasteiger partial charge in [-0.05, 0) is 24.6 Å². The summed E-state index contributed by atoms with van der Waals surface area (Å²) in [7, 11) is 0. The summed E-state index contributed by atoms with van der Waals surface area (Å²) in [5, 5.41) is 0. The van der Waals surface area contributed by atoms with Gasteiger partial charge in [-0.2, -0.15) is 0 Å². The molecular formula is C11H15NO2. The molecule has 0 atom stereocenters. The number of rotatable bonds is 5. The van der Waals surface area contributed by atoms with Crippen molar-refractivity contribution in [1.29, 1.82) is 0 Å². The Morgan fingerprint density at radius 2 is 2.29 bits per heavy atom. The van der Waals surface area contributed by atoms with Gasteiger partial charge < -0.3 is 9.57 Å². The lowest BCUT2D eigenvalue weighted by molar-refractivity contribution is 0.168. The van der Waals surface area contributed by atoms with Crippen LogP contribution in [0.1, 0.15) is 12.5 Å². The van der Waals surface area contributed by atoms with Crippen LogP contribution in [0.25, 0.3) is 6.08 Å². The summed E-state index contributed by atoms with van der Waals surface area (Å²) in [6, 6.07) is 7.85. The maximum Gasteiger partial charge on any atom is 0.119 e. The van der Waals surface area contributed by atoms with Gasteiger partial charge >= 0.3 is 0 Å². The van der Waals surface area contributed by atoms with Crippen LogP contribution >= 0.6 is 0 Å². The lowest BCUT2D eigenvalue weighted by atomic mass is 10.2. The number of benzene rings is 1. The van der Waals surface area contributed by atoms with Crippen LogP contribution in [0.5, 0.6) is 5.75 Å². The van der Waals surface area contributed by atoms with Crippen LogP contribution in [-0.4, -0.2) is 13.2 Å². The largest absolute Gasteiger partial charge is 0.494 e. The summed E-state index contributed by atoms with van der Waals surface area (Å²) in [4.78, 5) is 4.42. The van der Waals surface area contributed by atoms with E-state index in [0.29, 0.717) is 13.2 Å². The van der Waals surface area contributed by atoms with E-state index in [1.54, 1.807) is 0 Å². The van der Waals surface area contributed by atoms with Gasteiger partial charge in [-0.1, -0.05) is 24.3 Å². The smallest absolute Gasteiger partial charge is 0.119 e. The zero-order chi connectivity index (χ0) is 10.2. The molecular weight excluding hydrogens is 178 g/mol. The molecule has 0 unspecified atom stereocenters. The molecule has 0 aliphatic heterocycles. The third-order valence-corrected chi connectivity index (χ3v) is 1.67. The Hall–Kier alpha value is -1.32. The number of hydrogen-bond acceptors (Lipinski definition) is 3. The van der Waals surface area contributed by atoms with E-state index in [1.165, 1.54) is 0 Å². The molecule has 2 N–H and O–H groups in total. The Balaban J connectivity index is 2.63. The third kappa shape index (κ3) is 3.60. The van der Waals surface area contributed by atoms with Crippen molar-refractivity contribution in [3.05, 3.63) is 35.9 Å². The van der Waals surface area contributed by atoms with Gasteiger partial charge in [-0.3, -0.25) is 0 Å². The molecule has 0 spiro atoms. The number of nitrogens with two attached hydrogens (primary N) is 1. The standard InChI is InChI=1S/C11H15NO2/c1-2-13-11-7-3-5-10(9-11)6-4-8-14-12/h3-7,9H,2,8,12H2,1H3/b6-4+. The first-order chi connectivity index (χ1) is 6.86. The molecule has 0 aliphatic rings. The van der Waals surface area contributed by atoms with Gasteiger partial charge in [0.05, 0.1) is 13.2 Å². The molecule has 0 bridgehead atoms. The first kappa shape index (κ1) is 10.8. The van der Waals surface area contributed by atoms with Gasteiger partial charge in [-0.15, -0.1) is 0 Å². The molecule has 0 aliphatic carbocycles. The van der Waals surface area contributed by atoms with E-state index in [-0.39, 0.29) is 0 Å². The lowest BCUT2D eigenvalue weighted by Gasteiger charge is -2.02. The fraction of sp³-hybridized carbons (Fsp3) is 0.273. The molecule has 14 heavy (non-hydrogen) atoms. The van der Waals surface area contributed by atoms with Gasteiger partial charge in [0.25, 0.3) is 0 Å². The highest BCUT2D eigenvalue weighted by molar-refractivity contribution is 5.51. The highest BCUT2D eigenvalue weighted by Gasteiger charge is 1.91. The van der Waals surface area contributed by atoms with Crippen molar-refractivity contribution < 1.29 is 9.57 Å². The van der Waals surface area contributed by atoms with Gasteiger partial charge in [0, 0.05) is 0 Å². The molecule has 1 aromatic carbocycles. The zero-order valence-electron chi connectivity index (χ0n) is 8.27. The van der Waals surface area contributed by atoms with Crippen molar-refractivity contribution in [3.63, 3.8) is 0 Å². The van der Waals surface area contributed by atoms with E-state index in [1.807, 2.05) is 43.3 Å². The molecule has 76 valence electrons. The van der Waals surface area contributed by atoms with Crippen molar-refractivity contribution in [2.75, 3.05) is 13.2 Å². The molecule has 3 heteroatoms. The summed E-state index contributed by atoms with van der Waals surface area (Å²) in [5.41, 5.74) is 1.08. The van der Waals surface area contributed by atoms with E-state index in [0.717, 1.165) is 11.3 Å². The first-order valence-electron chi connectivity index (χ1n) is 4.58. The average molecular weight is 193 g/mol. The molecule has 1 rings (SSSR count). The summed E-state index contributed by atoms with van der Waals surface area (Å²) in [6.45, 7) is 3.06. The van der Waals surface area contributed by atoms with Crippen LogP contribution in [0, 0.1) is 0 Å². The number of hydrogen-bond donors (Lipinski definition) is 1. The predicted molar refractivity (Wildman–Crippen MR) is 56.8 cm³/mol. The maximum atomic E-state index is 5.36. The van der Waals surface area contributed by atoms with Crippen LogP contribution in [0.3, 0.4) is 0 Å². The molecule has 0 amide bonds. The number of ether oxygens (including phenoxy) is 1. The van der Waals surface area contributed by atoms with E-state index in [4.69, 9.17) is 10.6 Å². The fourth-order valence-electron chi connectivity index (χ4n) is 1.11. The van der Waals surface area contributed by atoms with E-state index >= 15 is 0 Å². The first-order valence-corrected chi connectivity index (χ1v) is 4.58. The SMILES string of the molecule is CCOc1cccc(/C=C/CON)c1. The average Bonchev–Trinajstić information content (AvgIpc) is 2.19. The van der Waals surface area contributed by atoms with Gasteiger partial charge in [0.1, 0.15) is 5.75 Å². The molecule has 0 saturated carbocycles. The topological polar surface area (TPSA) is 44.5 Å². The van der Waals surface area contributed by atoms with Crippen LogP contribution in [0.2, 0.25) is 0 Å². The second-order valence-corrected chi connectivity index (χ2v) is 2.74. The van der Waals surface area contributed by atoms with Crippen molar-refractivity contribution in [2.24, 2.45) is 5.90 Å². The van der Waals surface area contributed by atoms with Gasteiger partial charge in [0.15, 0.2) is 0 Å². The molecule has 1 aromatic rings. The summed E-state index contributed by atoms with van der Waals surface area (Å²) >= 11 is 0. The van der Waals surface area contributed by atoms with Crippen LogP contribution in [-0.2, 0) is 4.84 Å². The fourth-order valence-corrected chi connectivity index (χ4v) is 1.11. The van der Waals surface area contributed by atoms with Crippen LogP contribution < -0.4 is 10.6 Å². The Labute approximate surface area is 84.1 Å². The predicted octanol–water partition coefficient (Wildman–Crippen LogP) is 1.99. The normalized spacial score (nSPS) is 10.7. The van der Waals surface area contributed by atoms with Crippen LogP contribution in [0.4, 0.5) is 0 Å². The minimum Gasteiger partial charge on any atom is -0.494 e. The lowest BCUT2D eigenvalue weighted by Crippen LogP contribution is -1.96. The Kier molecular flexibility index (Phi) is 4.75. The molecule has 0 aromatic heterocycles. The summed E-state index contributed by atoms with van der Waals surface area (Å²) < 4.78 is 5.36. The van der Waals surface area contributed by atoms with E-state index in [2.05, 4.69) is 4.84 Å². The second-order valence-electron chi connectivity index (χ2n) is 2.74. The highest BCUT2D eigenvalue weighted by Crippen LogP contribution is 2.14. The Bertz CT molecular complexity index is 297.